The molecular formula is C41H42N6O8. The Labute approximate surface area is 316 Å². The van der Waals surface area contributed by atoms with Gasteiger partial charge < -0.3 is 45.2 Å². The van der Waals surface area contributed by atoms with Crippen LogP contribution in [0, 0.1) is 12.8 Å². The molecule has 14 nitrogen and oxygen atoms in total. The average molecular weight is 747 g/mol. The molecular weight excluding hydrogens is 704 g/mol. The van der Waals surface area contributed by atoms with Crippen LogP contribution in [0.5, 0.6) is 11.5 Å². The van der Waals surface area contributed by atoms with Crippen LogP contribution < -0.4 is 21.6 Å². The number of carbonyl (C=O) groups excluding carboxylic acids is 1. The number of allylic oxidation sites excluding steroid dienone is 1. The van der Waals surface area contributed by atoms with Crippen LogP contribution in [0.15, 0.2) is 74.7 Å². The number of fused-ring (bicyclic) bond motifs is 5. The molecule has 2 fully saturated rings. The molecule has 0 saturated carbocycles. The van der Waals surface area contributed by atoms with Gasteiger partial charge in [0.25, 0.3) is 0 Å². The molecule has 5 atom stereocenters. The van der Waals surface area contributed by atoms with Crippen molar-refractivity contribution in [2.45, 2.75) is 82.3 Å². The molecule has 0 amide bonds. The molecule has 0 unspecified atom stereocenters. The summed E-state index contributed by atoms with van der Waals surface area (Å²) in [5, 5.41) is 22.2. The number of anilines is 2. The topological polar surface area (TPSA) is 212 Å². The summed E-state index contributed by atoms with van der Waals surface area (Å²) < 4.78 is 24.6. The van der Waals surface area contributed by atoms with E-state index in [0.29, 0.717) is 66.8 Å². The van der Waals surface area contributed by atoms with Gasteiger partial charge in [0, 0.05) is 53.8 Å². The summed E-state index contributed by atoms with van der Waals surface area (Å²) in [6.45, 7) is 6.33. The van der Waals surface area contributed by atoms with E-state index in [-0.39, 0.29) is 41.1 Å². The van der Waals surface area contributed by atoms with Gasteiger partial charge in [0.1, 0.15) is 51.6 Å². The number of benzene rings is 1. The molecule has 4 aromatic rings. The van der Waals surface area contributed by atoms with Gasteiger partial charge in [0.05, 0.1) is 36.3 Å². The Kier molecular flexibility index (Phi) is 8.06. The standard InChI is InChI=1S/C41H42N6O8/c1-20-8-29(49)36-30(52-20)14-31-35(37(36)50)26-9-22(19-48)15-41(39(51)53-38(26)40(2,3)54-31)32(55-41)5-4-21-10-27(46-33(42)11-21)24-12-25(45-34(43)13-24)17-47-16-23-6-7-44-28(23)18-47/h6-8,10-14,16,22,26,32,38,48,50H,4-5,9,15,17-19H2,1-3H3,(H2,42,46)(H2,43,45)/t22-,26-,32+,38+,41+/m0/s1. The predicted octanol–water partition coefficient (Wildman–Crippen LogP) is 4.44. The van der Waals surface area contributed by atoms with Crippen molar-refractivity contribution >= 4 is 34.3 Å². The molecule has 14 heteroatoms. The Balaban J connectivity index is 0.938. The van der Waals surface area contributed by atoms with Crippen LogP contribution in [0.1, 0.15) is 61.6 Å². The van der Waals surface area contributed by atoms with Crippen LogP contribution >= 0.6 is 0 Å². The van der Waals surface area contributed by atoms with Gasteiger partial charge in [0.2, 0.25) is 0 Å². The maximum Gasteiger partial charge on any atom is 0.341 e. The predicted molar refractivity (Wildman–Crippen MR) is 203 cm³/mol. The first-order valence-electron chi connectivity index (χ1n) is 18.5. The highest BCUT2D eigenvalue weighted by Gasteiger charge is 2.66. The maximum atomic E-state index is 14.1. The summed E-state index contributed by atoms with van der Waals surface area (Å²) in [5.41, 5.74) is 15.7. The second-order valence-electron chi connectivity index (χ2n) is 15.8. The van der Waals surface area contributed by atoms with Gasteiger partial charge in [0.15, 0.2) is 11.0 Å². The minimum Gasteiger partial charge on any atom is -0.507 e. The van der Waals surface area contributed by atoms with Crippen molar-refractivity contribution in [3.8, 4) is 22.8 Å². The number of aliphatic hydroxyl groups excluding tert-OH is 1. The Hall–Kier alpha value is -5.73. The highest BCUT2D eigenvalue weighted by molar-refractivity contribution is 6.07. The highest BCUT2D eigenvalue weighted by atomic mass is 16.7. The summed E-state index contributed by atoms with van der Waals surface area (Å²) in [6.07, 6.45) is 6.15. The molecule has 8 heterocycles. The quantitative estimate of drug-likeness (QED) is 0.152. The fourth-order valence-electron chi connectivity index (χ4n) is 8.89. The fourth-order valence-corrected chi connectivity index (χ4v) is 8.89. The molecule has 5 aliphatic rings. The van der Waals surface area contributed by atoms with Gasteiger partial charge >= 0.3 is 5.97 Å². The smallest absolute Gasteiger partial charge is 0.341 e. The lowest BCUT2D eigenvalue weighted by Gasteiger charge is -2.46. The second-order valence-corrected chi connectivity index (χ2v) is 15.8. The van der Waals surface area contributed by atoms with Crippen LogP contribution in [-0.2, 0) is 27.2 Å². The minimum atomic E-state index is -1.25. The minimum absolute atomic E-state index is 0.0330. The zero-order valence-corrected chi connectivity index (χ0v) is 30.7. The molecule has 0 aliphatic carbocycles. The number of aliphatic hydroxyl groups is 1. The molecule has 284 valence electrons. The van der Waals surface area contributed by atoms with Crippen LogP contribution in [0.4, 0.5) is 11.6 Å². The number of esters is 1. The number of carbonyl (C=O) groups is 1. The summed E-state index contributed by atoms with van der Waals surface area (Å²) in [6, 6.07) is 10.4. The molecule has 1 spiro atoms. The molecule has 3 aromatic heterocycles. The van der Waals surface area contributed by atoms with Gasteiger partial charge in [-0.2, -0.15) is 0 Å². The third-order valence-electron chi connectivity index (χ3n) is 11.4. The summed E-state index contributed by atoms with van der Waals surface area (Å²) in [7, 11) is 0. The number of aryl methyl sites for hydroxylation is 2. The van der Waals surface area contributed by atoms with Crippen LogP contribution in [0.2, 0.25) is 0 Å². The number of nitrogen functional groups attached to an aromatic ring is 2. The Morgan fingerprint density at radius 1 is 1.05 bits per heavy atom. The van der Waals surface area contributed by atoms with Gasteiger partial charge in [-0.1, -0.05) is 0 Å². The number of nitrogens with two attached hydrogens (primary N) is 2. The average Bonchev–Trinajstić information content (AvgIpc) is 3.41. The molecule has 1 aromatic carbocycles. The van der Waals surface area contributed by atoms with Crippen molar-refractivity contribution in [3.63, 3.8) is 0 Å². The Morgan fingerprint density at radius 3 is 2.67 bits per heavy atom. The lowest BCUT2D eigenvalue weighted by atomic mass is 9.73. The van der Waals surface area contributed by atoms with E-state index < -0.39 is 35.3 Å². The third-order valence-corrected chi connectivity index (χ3v) is 11.4. The van der Waals surface area contributed by atoms with Crippen LogP contribution in [-0.4, -0.2) is 73.3 Å². The largest absolute Gasteiger partial charge is 0.507 e. The molecule has 2 saturated heterocycles. The van der Waals surface area contributed by atoms with Crippen molar-refractivity contribution in [2.75, 3.05) is 24.6 Å². The third kappa shape index (κ3) is 6.09. The van der Waals surface area contributed by atoms with Crippen LogP contribution in [0.25, 0.3) is 22.2 Å². The molecule has 9 rings (SSSR count). The number of hydrogen-bond acceptors (Lipinski definition) is 14. The lowest BCUT2D eigenvalue weighted by molar-refractivity contribution is -0.175. The number of aliphatic imine (C=N–C) groups is 1. The van der Waals surface area contributed by atoms with E-state index in [1.165, 1.54) is 6.07 Å². The molecule has 6 N–H and O–H groups in total. The van der Waals surface area contributed by atoms with E-state index in [1.54, 1.807) is 19.1 Å². The van der Waals surface area contributed by atoms with E-state index in [9.17, 15) is 19.8 Å². The first-order valence-corrected chi connectivity index (χ1v) is 18.5. The number of phenolic OH excluding ortho intramolecular Hbond substituents is 1. The van der Waals surface area contributed by atoms with Crippen molar-refractivity contribution in [3.05, 3.63) is 93.3 Å². The number of pyridine rings is 2. The zero-order valence-electron chi connectivity index (χ0n) is 30.7. The van der Waals surface area contributed by atoms with Crippen LogP contribution in [0.3, 0.4) is 0 Å². The number of rotatable bonds is 7. The number of aromatic nitrogens is 2. The fraction of sp³-hybridized carbons (Fsp3) is 0.390. The molecule has 55 heavy (non-hydrogen) atoms. The number of aromatic hydroxyl groups is 1. The van der Waals surface area contributed by atoms with E-state index in [2.05, 4.69) is 26.1 Å². The lowest BCUT2D eigenvalue weighted by Crippen LogP contribution is -2.54. The Morgan fingerprint density at radius 2 is 1.87 bits per heavy atom. The van der Waals surface area contributed by atoms with Crippen molar-refractivity contribution in [2.24, 2.45) is 10.9 Å². The Bertz CT molecular complexity index is 2440. The van der Waals surface area contributed by atoms with Gasteiger partial charge in [-0.25, -0.2) is 14.8 Å². The maximum absolute atomic E-state index is 14.1. The SMILES string of the molecule is Cc1cc(=O)c2c(O)c3c(cc2o1)OC(C)(C)[C@@H]1OC(=O)[C@]2(C[C@@H](CO)C[C@@H]31)O[C@@H]2CCc1cc(N)nc(-c2cc(N)nc(CN3C=C4C=CN=C4C3)c2)c1. The molecule has 5 aliphatic heterocycles. The van der Waals surface area contributed by atoms with Gasteiger partial charge in [-0.15, -0.1) is 0 Å². The van der Waals surface area contributed by atoms with E-state index in [4.69, 9.17) is 30.1 Å². The summed E-state index contributed by atoms with van der Waals surface area (Å²) >= 11 is 0. The number of epoxide rings is 1. The summed E-state index contributed by atoms with van der Waals surface area (Å²) in [5.74, 6) is -0.303. The van der Waals surface area contributed by atoms with Crippen molar-refractivity contribution < 1.29 is 33.6 Å². The summed E-state index contributed by atoms with van der Waals surface area (Å²) in [4.78, 5) is 42.8. The molecule has 0 radical (unpaired) electrons. The van der Waals surface area contributed by atoms with Crippen molar-refractivity contribution in [1.82, 2.24) is 14.9 Å². The first kappa shape index (κ1) is 35.0. The van der Waals surface area contributed by atoms with Gasteiger partial charge in [-0.3, -0.25) is 9.79 Å². The normalized spacial score (nSPS) is 26.0. The van der Waals surface area contributed by atoms with Crippen molar-refractivity contribution in [1.29, 1.82) is 0 Å². The first-order chi connectivity index (χ1) is 26.3. The number of nitrogens with zero attached hydrogens (tertiary/aromatic N) is 4. The number of hydrogen-bond donors (Lipinski definition) is 4. The van der Waals surface area contributed by atoms with E-state index in [1.807, 2.05) is 44.3 Å². The number of ether oxygens (including phenoxy) is 3. The van der Waals surface area contributed by atoms with E-state index in [0.717, 1.165) is 28.1 Å². The zero-order chi connectivity index (χ0) is 38.4. The van der Waals surface area contributed by atoms with Gasteiger partial charge in [-0.05, 0) is 88.3 Å². The number of phenols is 1. The van der Waals surface area contributed by atoms with E-state index >= 15 is 0 Å². The second kappa shape index (κ2) is 12.7. The molecule has 0 bridgehead atoms. The monoisotopic (exact) mass is 746 g/mol. The highest BCUT2D eigenvalue weighted by Crippen LogP contribution is 2.55.